The fraction of sp³-hybridized carbons (Fsp3) is 0.625. The minimum Gasteiger partial charge on any atom is -0.490 e. The lowest BCUT2D eigenvalue weighted by atomic mass is 10.0. The second-order valence-electron chi connectivity index (χ2n) is 5.15. The van der Waals surface area contributed by atoms with Gasteiger partial charge in [-0.25, -0.2) is 0 Å². The standard InChI is InChI=1S/C16H25NO3/c1-4-17-14(10-12(2)18-3)13-6-7-15-16(11-13)20-9-5-8-19-15/h6-7,11-12,14,17H,4-5,8-10H2,1-3H3. The Hall–Kier alpha value is -1.26. The van der Waals surface area contributed by atoms with E-state index < -0.39 is 0 Å². The average Bonchev–Trinajstić information content (AvgIpc) is 2.71. The lowest BCUT2D eigenvalue weighted by Crippen LogP contribution is -2.25. The van der Waals surface area contributed by atoms with Gasteiger partial charge in [0.15, 0.2) is 11.5 Å². The Balaban J connectivity index is 2.17. The number of hydrogen-bond acceptors (Lipinski definition) is 4. The second kappa shape index (κ2) is 7.50. The highest BCUT2D eigenvalue weighted by molar-refractivity contribution is 5.44. The van der Waals surface area contributed by atoms with Gasteiger partial charge in [0.05, 0.1) is 19.3 Å². The van der Waals surface area contributed by atoms with Crippen LogP contribution in [0.25, 0.3) is 0 Å². The molecule has 1 aliphatic rings. The molecule has 0 saturated carbocycles. The van der Waals surface area contributed by atoms with Crippen LogP contribution >= 0.6 is 0 Å². The smallest absolute Gasteiger partial charge is 0.161 e. The van der Waals surface area contributed by atoms with E-state index in [0.717, 1.165) is 44.1 Å². The molecule has 1 heterocycles. The van der Waals surface area contributed by atoms with Crippen molar-refractivity contribution in [2.75, 3.05) is 26.9 Å². The van der Waals surface area contributed by atoms with Gasteiger partial charge in [-0.3, -0.25) is 0 Å². The topological polar surface area (TPSA) is 39.7 Å². The predicted molar refractivity (Wildman–Crippen MR) is 79.6 cm³/mol. The SMILES string of the molecule is CCNC(CC(C)OC)c1ccc2c(c1)OCCCO2. The van der Waals surface area contributed by atoms with Crippen molar-refractivity contribution in [2.24, 2.45) is 0 Å². The third kappa shape index (κ3) is 3.87. The molecule has 112 valence electrons. The first kappa shape index (κ1) is 15.1. The molecule has 2 unspecified atom stereocenters. The van der Waals surface area contributed by atoms with Gasteiger partial charge < -0.3 is 19.5 Å². The summed E-state index contributed by atoms with van der Waals surface area (Å²) in [5.41, 5.74) is 1.22. The normalized spacial score (nSPS) is 17.4. The van der Waals surface area contributed by atoms with Crippen LogP contribution in [0.15, 0.2) is 18.2 Å². The second-order valence-corrected chi connectivity index (χ2v) is 5.15. The van der Waals surface area contributed by atoms with E-state index in [9.17, 15) is 0 Å². The summed E-state index contributed by atoms with van der Waals surface area (Å²) in [5.74, 6) is 1.70. The van der Waals surface area contributed by atoms with Crippen molar-refractivity contribution in [1.29, 1.82) is 0 Å². The lowest BCUT2D eigenvalue weighted by molar-refractivity contribution is 0.101. The Kier molecular flexibility index (Phi) is 5.68. The molecule has 0 bridgehead atoms. The van der Waals surface area contributed by atoms with Gasteiger partial charge in [0.1, 0.15) is 0 Å². The minimum absolute atomic E-state index is 0.218. The van der Waals surface area contributed by atoms with Gasteiger partial charge in [-0.2, -0.15) is 0 Å². The summed E-state index contributed by atoms with van der Waals surface area (Å²) in [4.78, 5) is 0. The molecule has 1 aromatic carbocycles. The zero-order valence-corrected chi connectivity index (χ0v) is 12.6. The first-order valence-electron chi connectivity index (χ1n) is 7.40. The third-order valence-corrected chi connectivity index (χ3v) is 3.59. The first-order valence-corrected chi connectivity index (χ1v) is 7.40. The van der Waals surface area contributed by atoms with Crippen LogP contribution in [-0.2, 0) is 4.74 Å². The first-order chi connectivity index (χ1) is 9.74. The number of ether oxygens (including phenoxy) is 3. The Labute approximate surface area is 121 Å². The van der Waals surface area contributed by atoms with Crippen LogP contribution in [0.1, 0.15) is 38.3 Å². The van der Waals surface area contributed by atoms with Crippen molar-refractivity contribution in [3.05, 3.63) is 23.8 Å². The summed E-state index contributed by atoms with van der Waals surface area (Å²) in [5, 5.41) is 3.51. The summed E-state index contributed by atoms with van der Waals surface area (Å²) in [6.45, 7) is 6.58. The molecule has 0 saturated heterocycles. The maximum atomic E-state index is 5.76. The number of rotatable bonds is 6. The molecule has 2 atom stereocenters. The number of nitrogens with one attached hydrogen (secondary N) is 1. The van der Waals surface area contributed by atoms with Crippen molar-refractivity contribution in [1.82, 2.24) is 5.32 Å². The van der Waals surface area contributed by atoms with E-state index in [1.54, 1.807) is 7.11 Å². The summed E-state index contributed by atoms with van der Waals surface area (Å²) < 4.78 is 16.8. The summed E-state index contributed by atoms with van der Waals surface area (Å²) in [6.07, 6.45) is 2.08. The number of fused-ring (bicyclic) bond motifs is 1. The van der Waals surface area contributed by atoms with Crippen LogP contribution in [0.2, 0.25) is 0 Å². The van der Waals surface area contributed by atoms with Gasteiger partial charge in [0, 0.05) is 19.6 Å². The molecule has 2 rings (SSSR count). The van der Waals surface area contributed by atoms with E-state index in [-0.39, 0.29) is 12.1 Å². The molecule has 0 radical (unpaired) electrons. The van der Waals surface area contributed by atoms with Gasteiger partial charge in [-0.05, 0) is 37.6 Å². The average molecular weight is 279 g/mol. The Morgan fingerprint density at radius 3 is 2.70 bits per heavy atom. The largest absolute Gasteiger partial charge is 0.490 e. The molecule has 0 fully saturated rings. The zero-order valence-electron chi connectivity index (χ0n) is 12.6. The highest BCUT2D eigenvalue weighted by atomic mass is 16.5. The van der Waals surface area contributed by atoms with Crippen LogP contribution in [0.3, 0.4) is 0 Å². The highest BCUT2D eigenvalue weighted by Gasteiger charge is 2.17. The summed E-state index contributed by atoms with van der Waals surface area (Å²) >= 11 is 0. The van der Waals surface area contributed by atoms with Crippen LogP contribution in [0, 0.1) is 0 Å². The Bertz CT molecular complexity index is 422. The van der Waals surface area contributed by atoms with E-state index in [1.165, 1.54) is 5.56 Å². The predicted octanol–water partition coefficient (Wildman–Crippen LogP) is 2.92. The van der Waals surface area contributed by atoms with Crippen LogP contribution in [0.5, 0.6) is 11.5 Å². The molecule has 0 amide bonds. The van der Waals surface area contributed by atoms with Gasteiger partial charge in [-0.1, -0.05) is 13.0 Å². The minimum atomic E-state index is 0.218. The molecule has 1 N–H and O–H groups in total. The van der Waals surface area contributed by atoms with Crippen molar-refractivity contribution >= 4 is 0 Å². The van der Waals surface area contributed by atoms with E-state index >= 15 is 0 Å². The van der Waals surface area contributed by atoms with E-state index in [0.29, 0.717) is 0 Å². The highest BCUT2D eigenvalue weighted by Crippen LogP contribution is 2.33. The number of methoxy groups -OCH3 is 1. The van der Waals surface area contributed by atoms with Crippen molar-refractivity contribution in [3.63, 3.8) is 0 Å². The summed E-state index contributed by atoms with van der Waals surface area (Å²) in [7, 11) is 1.75. The van der Waals surface area contributed by atoms with Crippen molar-refractivity contribution in [3.8, 4) is 11.5 Å². The quantitative estimate of drug-likeness (QED) is 0.869. The lowest BCUT2D eigenvalue weighted by Gasteiger charge is -2.22. The molecular formula is C16H25NO3. The fourth-order valence-electron chi connectivity index (χ4n) is 2.41. The third-order valence-electron chi connectivity index (χ3n) is 3.59. The van der Waals surface area contributed by atoms with Crippen LogP contribution in [0.4, 0.5) is 0 Å². The summed E-state index contributed by atoms with van der Waals surface area (Å²) in [6, 6.07) is 6.49. The maximum absolute atomic E-state index is 5.76. The number of hydrogen-bond donors (Lipinski definition) is 1. The van der Waals surface area contributed by atoms with Crippen molar-refractivity contribution < 1.29 is 14.2 Å². The van der Waals surface area contributed by atoms with E-state index in [2.05, 4.69) is 31.3 Å². The zero-order chi connectivity index (χ0) is 14.4. The Morgan fingerprint density at radius 1 is 1.25 bits per heavy atom. The van der Waals surface area contributed by atoms with Crippen LogP contribution in [-0.4, -0.2) is 33.0 Å². The molecule has 20 heavy (non-hydrogen) atoms. The van der Waals surface area contributed by atoms with Crippen molar-refractivity contribution in [2.45, 2.75) is 38.8 Å². The van der Waals surface area contributed by atoms with Gasteiger partial charge in [0.2, 0.25) is 0 Å². The van der Waals surface area contributed by atoms with Gasteiger partial charge in [-0.15, -0.1) is 0 Å². The van der Waals surface area contributed by atoms with E-state index in [1.807, 2.05) is 6.07 Å². The molecule has 1 aliphatic heterocycles. The monoisotopic (exact) mass is 279 g/mol. The molecular weight excluding hydrogens is 254 g/mol. The Morgan fingerprint density at radius 2 is 2.00 bits per heavy atom. The van der Waals surface area contributed by atoms with Gasteiger partial charge in [0.25, 0.3) is 0 Å². The molecule has 4 nitrogen and oxygen atoms in total. The molecule has 0 aliphatic carbocycles. The van der Waals surface area contributed by atoms with Crippen LogP contribution < -0.4 is 14.8 Å². The molecule has 0 aromatic heterocycles. The molecule has 1 aromatic rings. The fourth-order valence-corrected chi connectivity index (χ4v) is 2.41. The van der Waals surface area contributed by atoms with E-state index in [4.69, 9.17) is 14.2 Å². The molecule has 0 spiro atoms. The molecule has 4 heteroatoms. The maximum Gasteiger partial charge on any atom is 0.161 e. The van der Waals surface area contributed by atoms with Gasteiger partial charge >= 0.3 is 0 Å². The number of benzene rings is 1.